The van der Waals surface area contributed by atoms with E-state index in [1.165, 1.54) is 0 Å². The van der Waals surface area contributed by atoms with E-state index in [4.69, 9.17) is 12.2 Å². The number of nitrogens with zero attached hydrogens (tertiary/aromatic N) is 4. The summed E-state index contributed by atoms with van der Waals surface area (Å²) in [7, 11) is 0. The highest BCUT2D eigenvalue weighted by atomic mass is 32.1. The molecule has 3 rings (SSSR count). The largest absolute Gasteiger partial charge is 0.388 e. The molecule has 1 aliphatic carbocycles. The Morgan fingerprint density at radius 3 is 2.55 bits per heavy atom. The van der Waals surface area contributed by atoms with E-state index in [9.17, 15) is 5.11 Å². The summed E-state index contributed by atoms with van der Waals surface area (Å²) in [5, 5.41) is 13.9. The average Bonchev–Trinajstić information content (AvgIpc) is 3.26. The second-order valence-corrected chi connectivity index (χ2v) is 6.16. The number of aromatic nitrogens is 3. The number of piperidine rings is 1. The fourth-order valence-electron chi connectivity index (χ4n) is 2.88. The van der Waals surface area contributed by atoms with Crippen LogP contribution in [0.4, 0.5) is 0 Å². The SMILES string of the molecule is C=CC1CCN(Cn2nc(CO)n(C3CC3)c2=S)CC1. The fraction of sp³-hybridized carbons (Fsp3) is 0.714. The topological polar surface area (TPSA) is 46.2 Å². The molecule has 0 unspecified atom stereocenters. The van der Waals surface area contributed by atoms with Crippen LogP contribution in [0.5, 0.6) is 0 Å². The minimum absolute atomic E-state index is 0.0360. The third-order valence-corrected chi connectivity index (χ3v) is 4.70. The van der Waals surface area contributed by atoms with Crippen molar-refractivity contribution in [3.8, 4) is 0 Å². The maximum Gasteiger partial charge on any atom is 0.199 e. The molecule has 110 valence electrons. The van der Waals surface area contributed by atoms with Crippen molar-refractivity contribution in [2.45, 2.75) is 45.0 Å². The van der Waals surface area contributed by atoms with Crippen LogP contribution in [0.25, 0.3) is 0 Å². The molecule has 6 heteroatoms. The van der Waals surface area contributed by atoms with Crippen LogP contribution in [0.1, 0.15) is 37.5 Å². The van der Waals surface area contributed by atoms with Crippen LogP contribution in [0.3, 0.4) is 0 Å². The zero-order valence-electron chi connectivity index (χ0n) is 11.7. The molecule has 1 saturated heterocycles. The van der Waals surface area contributed by atoms with Gasteiger partial charge in [-0.15, -0.1) is 6.58 Å². The number of allylic oxidation sites excluding steroid dienone is 1. The third kappa shape index (κ3) is 2.73. The third-order valence-electron chi connectivity index (χ3n) is 4.29. The van der Waals surface area contributed by atoms with Crippen molar-refractivity contribution in [3.63, 3.8) is 0 Å². The molecule has 2 aliphatic rings. The van der Waals surface area contributed by atoms with E-state index in [1.54, 1.807) is 0 Å². The van der Waals surface area contributed by atoms with Crippen LogP contribution in [-0.2, 0) is 13.3 Å². The van der Waals surface area contributed by atoms with E-state index >= 15 is 0 Å². The summed E-state index contributed by atoms with van der Waals surface area (Å²) in [5.41, 5.74) is 0. The molecular weight excluding hydrogens is 272 g/mol. The quantitative estimate of drug-likeness (QED) is 0.667. The second kappa shape index (κ2) is 5.79. The van der Waals surface area contributed by atoms with E-state index < -0.39 is 0 Å². The molecule has 2 fully saturated rings. The van der Waals surface area contributed by atoms with Gasteiger partial charge >= 0.3 is 0 Å². The van der Waals surface area contributed by atoms with Gasteiger partial charge in [-0.05, 0) is 43.8 Å². The van der Waals surface area contributed by atoms with Crippen molar-refractivity contribution in [1.29, 1.82) is 0 Å². The number of rotatable bonds is 5. The van der Waals surface area contributed by atoms with Crippen molar-refractivity contribution >= 4 is 12.2 Å². The van der Waals surface area contributed by atoms with E-state index in [1.807, 2.05) is 9.25 Å². The van der Waals surface area contributed by atoms with Crippen molar-refractivity contribution in [2.24, 2.45) is 5.92 Å². The van der Waals surface area contributed by atoms with Crippen molar-refractivity contribution < 1.29 is 5.11 Å². The first-order valence-electron chi connectivity index (χ1n) is 7.37. The summed E-state index contributed by atoms with van der Waals surface area (Å²) >= 11 is 5.52. The number of hydrogen-bond acceptors (Lipinski definition) is 4. The summed E-state index contributed by atoms with van der Waals surface area (Å²) < 4.78 is 4.65. The van der Waals surface area contributed by atoms with Crippen LogP contribution in [0, 0.1) is 10.7 Å². The highest BCUT2D eigenvalue weighted by Crippen LogP contribution is 2.36. The monoisotopic (exact) mass is 294 g/mol. The summed E-state index contributed by atoms with van der Waals surface area (Å²) in [6.07, 6.45) is 6.68. The predicted molar refractivity (Wildman–Crippen MR) is 79.7 cm³/mol. The molecule has 0 spiro atoms. The number of likely N-dealkylation sites (tertiary alicyclic amines) is 1. The molecule has 1 saturated carbocycles. The Morgan fingerprint density at radius 1 is 1.30 bits per heavy atom. The van der Waals surface area contributed by atoms with E-state index in [2.05, 4.69) is 22.7 Å². The molecule has 0 atom stereocenters. The Kier molecular flexibility index (Phi) is 4.05. The summed E-state index contributed by atoms with van der Waals surface area (Å²) in [4.78, 5) is 2.38. The molecule has 1 N–H and O–H groups in total. The first-order valence-corrected chi connectivity index (χ1v) is 7.77. The summed E-state index contributed by atoms with van der Waals surface area (Å²) in [5.74, 6) is 1.36. The van der Waals surface area contributed by atoms with Gasteiger partial charge in [0.1, 0.15) is 6.61 Å². The van der Waals surface area contributed by atoms with Gasteiger partial charge in [-0.2, -0.15) is 5.10 Å². The van der Waals surface area contributed by atoms with Gasteiger partial charge in [0.05, 0.1) is 6.67 Å². The van der Waals surface area contributed by atoms with Gasteiger partial charge in [0.2, 0.25) is 0 Å². The zero-order valence-corrected chi connectivity index (χ0v) is 12.6. The molecule has 0 amide bonds. The maximum atomic E-state index is 9.44. The minimum Gasteiger partial charge on any atom is -0.388 e. The van der Waals surface area contributed by atoms with Crippen molar-refractivity contribution in [1.82, 2.24) is 19.2 Å². The summed E-state index contributed by atoms with van der Waals surface area (Å²) in [6.45, 7) is 6.69. The number of aliphatic hydroxyl groups is 1. The Labute approximate surface area is 124 Å². The molecule has 0 bridgehead atoms. The number of aliphatic hydroxyl groups excluding tert-OH is 1. The lowest BCUT2D eigenvalue weighted by molar-refractivity contribution is 0.152. The summed E-state index contributed by atoms with van der Waals surface area (Å²) in [6, 6.07) is 0.463. The van der Waals surface area contributed by atoms with Gasteiger partial charge in [0.15, 0.2) is 10.6 Å². The van der Waals surface area contributed by atoms with Gasteiger partial charge < -0.3 is 5.11 Å². The van der Waals surface area contributed by atoms with Gasteiger partial charge in [0.25, 0.3) is 0 Å². The molecule has 5 nitrogen and oxygen atoms in total. The van der Waals surface area contributed by atoms with E-state index in [-0.39, 0.29) is 6.61 Å². The maximum absolute atomic E-state index is 9.44. The standard InChI is InChI=1S/C14H22N4OS/c1-2-11-5-7-16(8-6-11)10-17-14(20)18(12-3-4-12)13(9-19)15-17/h2,11-12,19H,1,3-10H2. The molecule has 1 aromatic rings. The zero-order chi connectivity index (χ0) is 14.1. The smallest absolute Gasteiger partial charge is 0.199 e. The lowest BCUT2D eigenvalue weighted by atomic mass is 9.97. The average molecular weight is 294 g/mol. The Balaban J connectivity index is 1.72. The van der Waals surface area contributed by atoms with Crippen LogP contribution >= 0.6 is 12.2 Å². The Morgan fingerprint density at radius 2 is 2.00 bits per heavy atom. The lowest BCUT2D eigenvalue weighted by Crippen LogP contribution is -2.35. The molecule has 2 heterocycles. The number of hydrogen-bond donors (Lipinski definition) is 1. The molecule has 1 aromatic heterocycles. The fourth-order valence-corrected chi connectivity index (χ4v) is 3.24. The molecular formula is C14H22N4OS. The molecule has 1 aliphatic heterocycles. The highest BCUT2D eigenvalue weighted by molar-refractivity contribution is 7.71. The first kappa shape index (κ1) is 14.0. The molecule has 20 heavy (non-hydrogen) atoms. The van der Waals surface area contributed by atoms with Crippen molar-refractivity contribution in [3.05, 3.63) is 23.3 Å². The predicted octanol–water partition coefficient (Wildman–Crippen LogP) is 2.10. The van der Waals surface area contributed by atoms with E-state index in [0.29, 0.717) is 17.8 Å². The Hall–Kier alpha value is -0.980. The van der Waals surface area contributed by atoms with Gasteiger partial charge in [-0.1, -0.05) is 6.08 Å². The van der Waals surface area contributed by atoms with Gasteiger partial charge in [-0.3, -0.25) is 9.47 Å². The Bertz CT molecular complexity index is 538. The normalized spacial score (nSPS) is 21.2. The minimum atomic E-state index is -0.0360. The van der Waals surface area contributed by atoms with Crippen LogP contribution < -0.4 is 0 Å². The van der Waals surface area contributed by atoms with Gasteiger partial charge in [-0.25, -0.2) is 4.68 Å². The van der Waals surface area contributed by atoms with Crippen molar-refractivity contribution in [2.75, 3.05) is 13.1 Å². The van der Waals surface area contributed by atoms with Crippen LogP contribution in [0.15, 0.2) is 12.7 Å². The first-order chi connectivity index (χ1) is 9.72. The molecule has 0 radical (unpaired) electrons. The van der Waals surface area contributed by atoms with Crippen LogP contribution in [-0.4, -0.2) is 37.4 Å². The highest BCUT2D eigenvalue weighted by Gasteiger charge is 2.28. The molecule has 0 aromatic carbocycles. The second-order valence-electron chi connectivity index (χ2n) is 5.79. The van der Waals surface area contributed by atoms with Crippen LogP contribution in [0.2, 0.25) is 0 Å². The van der Waals surface area contributed by atoms with E-state index in [0.717, 1.165) is 50.2 Å². The lowest BCUT2D eigenvalue weighted by Gasteiger charge is -2.30. The van der Waals surface area contributed by atoms with Gasteiger partial charge in [0, 0.05) is 19.1 Å².